The normalized spacial score (nSPS) is 16.5. The Balaban J connectivity index is 1.94. The highest BCUT2D eigenvalue weighted by atomic mass is 16.1. The van der Waals surface area contributed by atoms with Gasteiger partial charge in [0.2, 0.25) is 0 Å². The molecule has 0 spiro atoms. The fourth-order valence-electron chi connectivity index (χ4n) is 1.97. The van der Waals surface area contributed by atoms with Crippen molar-refractivity contribution >= 4 is 17.3 Å². The first-order chi connectivity index (χ1) is 8.08. The SMILES string of the molecule is CC(CNC(=O)c1ccc(N)cc1N)C1CC1. The number of nitrogens with one attached hydrogen (secondary N) is 1. The number of anilines is 2. The molecule has 2 rings (SSSR count). The van der Waals surface area contributed by atoms with Crippen molar-refractivity contribution in [2.24, 2.45) is 11.8 Å². The Bertz CT molecular complexity index is 427. The zero-order valence-corrected chi connectivity index (χ0v) is 10.1. The Labute approximate surface area is 101 Å². The summed E-state index contributed by atoms with van der Waals surface area (Å²) in [6.07, 6.45) is 2.59. The van der Waals surface area contributed by atoms with Crippen molar-refractivity contribution in [1.29, 1.82) is 0 Å². The zero-order chi connectivity index (χ0) is 12.4. The Morgan fingerprint density at radius 2 is 2.18 bits per heavy atom. The Morgan fingerprint density at radius 1 is 1.47 bits per heavy atom. The van der Waals surface area contributed by atoms with Gasteiger partial charge in [0.25, 0.3) is 5.91 Å². The minimum atomic E-state index is -0.116. The van der Waals surface area contributed by atoms with Crippen LogP contribution in [0.1, 0.15) is 30.1 Å². The van der Waals surface area contributed by atoms with E-state index < -0.39 is 0 Å². The van der Waals surface area contributed by atoms with E-state index in [0.29, 0.717) is 29.4 Å². The maximum absolute atomic E-state index is 11.9. The van der Waals surface area contributed by atoms with Crippen molar-refractivity contribution in [3.8, 4) is 0 Å². The monoisotopic (exact) mass is 233 g/mol. The van der Waals surface area contributed by atoms with Gasteiger partial charge in [-0.2, -0.15) is 0 Å². The smallest absolute Gasteiger partial charge is 0.253 e. The highest BCUT2D eigenvalue weighted by Crippen LogP contribution is 2.36. The number of amides is 1. The average molecular weight is 233 g/mol. The predicted molar refractivity (Wildman–Crippen MR) is 69.5 cm³/mol. The number of carbonyl (C=O) groups is 1. The van der Waals surface area contributed by atoms with Gasteiger partial charge in [0.1, 0.15) is 0 Å². The lowest BCUT2D eigenvalue weighted by Gasteiger charge is -2.12. The van der Waals surface area contributed by atoms with E-state index in [1.165, 1.54) is 12.8 Å². The van der Waals surface area contributed by atoms with Crippen molar-refractivity contribution in [3.05, 3.63) is 23.8 Å². The molecular weight excluding hydrogens is 214 g/mol. The maximum atomic E-state index is 11.9. The molecule has 17 heavy (non-hydrogen) atoms. The number of benzene rings is 1. The molecule has 1 aliphatic rings. The molecule has 0 saturated heterocycles. The summed E-state index contributed by atoms with van der Waals surface area (Å²) in [4.78, 5) is 11.9. The summed E-state index contributed by atoms with van der Waals surface area (Å²) >= 11 is 0. The molecule has 4 heteroatoms. The van der Waals surface area contributed by atoms with Gasteiger partial charge < -0.3 is 16.8 Å². The van der Waals surface area contributed by atoms with E-state index in [-0.39, 0.29) is 5.91 Å². The number of hydrogen-bond acceptors (Lipinski definition) is 3. The van der Waals surface area contributed by atoms with Gasteiger partial charge >= 0.3 is 0 Å². The molecule has 92 valence electrons. The lowest BCUT2D eigenvalue weighted by atomic mass is 10.1. The number of nitrogen functional groups attached to an aromatic ring is 2. The Morgan fingerprint density at radius 3 is 2.76 bits per heavy atom. The van der Waals surface area contributed by atoms with Gasteiger partial charge in [-0.05, 0) is 42.9 Å². The molecule has 1 fully saturated rings. The molecule has 0 heterocycles. The van der Waals surface area contributed by atoms with Crippen molar-refractivity contribution in [2.45, 2.75) is 19.8 Å². The van der Waals surface area contributed by atoms with Gasteiger partial charge in [-0.15, -0.1) is 0 Å². The first-order valence-electron chi connectivity index (χ1n) is 6.01. The van der Waals surface area contributed by atoms with E-state index in [1.54, 1.807) is 18.2 Å². The zero-order valence-electron chi connectivity index (χ0n) is 10.1. The lowest BCUT2D eigenvalue weighted by Crippen LogP contribution is -2.29. The summed E-state index contributed by atoms with van der Waals surface area (Å²) in [5, 5.41) is 2.92. The second-order valence-corrected chi connectivity index (χ2v) is 4.87. The Hall–Kier alpha value is -1.71. The molecule has 4 nitrogen and oxygen atoms in total. The lowest BCUT2D eigenvalue weighted by molar-refractivity contribution is 0.0947. The molecule has 0 bridgehead atoms. The summed E-state index contributed by atoms with van der Waals surface area (Å²) in [5.74, 6) is 1.23. The first kappa shape index (κ1) is 11.8. The third-order valence-corrected chi connectivity index (χ3v) is 3.33. The van der Waals surface area contributed by atoms with E-state index in [1.807, 2.05) is 0 Å². The predicted octanol–water partition coefficient (Wildman–Crippen LogP) is 1.63. The van der Waals surface area contributed by atoms with Crippen molar-refractivity contribution < 1.29 is 4.79 Å². The highest BCUT2D eigenvalue weighted by molar-refractivity contribution is 5.99. The van der Waals surface area contributed by atoms with Crippen LogP contribution in [0.2, 0.25) is 0 Å². The number of rotatable bonds is 4. The molecule has 1 atom stereocenters. The molecular formula is C13H19N3O. The summed E-state index contributed by atoms with van der Waals surface area (Å²) < 4.78 is 0. The van der Waals surface area contributed by atoms with Crippen LogP contribution in [0.5, 0.6) is 0 Å². The van der Waals surface area contributed by atoms with Crippen LogP contribution < -0.4 is 16.8 Å². The van der Waals surface area contributed by atoms with E-state index in [4.69, 9.17) is 11.5 Å². The van der Waals surface area contributed by atoms with Gasteiger partial charge in [-0.25, -0.2) is 0 Å². The van der Waals surface area contributed by atoms with E-state index in [2.05, 4.69) is 12.2 Å². The topological polar surface area (TPSA) is 81.1 Å². The van der Waals surface area contributed by atoms with Crippen molar-refractivity contribution in [2.75, 3.05) is 18.0 Å². The number of carbonyl (C=O) groups excluding carboxylic acids is 1. The fourth-order valence-corrected chi connectivity index (χ4v) is 1.97. The fraction of sp³-hybridized carbons (Fsp3) is 0.462. The van der Waals surface area contributed by atoms with Crippen LogP contribution in [-0.4, -0.2) is 12.5 Å². The van der Waals surface area contributed by atoms with Gasteiger partial charge in [0, 0.05) is 17.9 Å². The minimum absolute atomic E-state index is 0.116. The van der Waals surface area contributed by atoms with Crippen LogP contribution >= 0.6 is 0 Å². The maximum Gasteiger partial charge on any atom is 0.253 e. The van der Waals surface area contributed by atoms with Gasteiger partial charge in [0.05, 0.1) is 5.56 Å². The number of hydrogen-bond donors (Lipinski definition) is 3. The van der Waals surface area contributed by atoms with Crippen molar-refractivity contribution in [1.82, 2.24) is 5.32 Å². The molecule has 1 aromatic rings. The molecule has 0 radical (unpaired) electrons. The molecule has 1 aromatic carbocycles. The van der Waals surface area contributed by atoms with Crippen LogP contribution in [0.4, 0.5) is 11.4 Å². The van der Waals surface area contributed by atoms with E-state index in [9.17, 15) is 4.79 Å². The molecule has 1 aliphatic carbocycles. The highest BCUT2D eigenvalue weighted by Gasteiger charge is 2.28. The summed E-state index contributed by atoms with van der Waals surface area (Å²) in [7, 11) is 0. The van der Waals surface area contributed by atoms with E-state index >= 15 is 0 Å². The summed E-state index contributed by atoms with van der Waals surface area (Å²) in [5.41, 5.74) is 12.9. The first-order valence-corrected chi connectivity index (χ1v) is 6.01. The van der Waals surface area contributed by atoms with Crippen molar-refractivity contribution in [3.63, 3.8) is 0 Å². The quantitative estimate of drug-likeness (QED) is 0.691. The molecule has 1 amide bonds. The third kappa shape index (κ3) is 2.90. The second-order valence-electron chi connectivity index (χ2n) is 4.87. The summed E-state index contributed by atoms with van der Waals surface area (Å²) in [6, 6.07) is 4.97. The standard InChI is InChI=1S/C13H19N3O/c1-8(9-2-3-9)7-16-13(17)11-5-4-10(14)6-12(11)15/h4-6,8-9H,2-3,7,14-15H2,1H3,(H,16,17). The molecule has 0 aromatic heterocycles. The van der Waals surface area contributed by atoms with Gasteiger partial charge in [0.15, 0.2) is 0 Å². The van der Waals surface area contributed by atoms with Crippen LogP contribution in [0.15, 0.2) is 18.2 Å². The van der Waals surface area contributed by atoms with Crippen LogP contribution in [0, 0.1) is 11.8 Å². The number of nitrogens with two attached hydrogens (primary N) is 2. The molecule has 0 aliphatic heterocycles. The molecule has 5 N–H and O–H groups in total. The van der Waals surface area contributed by atoms with Crippen LogP contribution in [0.25, 0.3) is 0 Å². The largest absolute Gasteiger partial charge is 0.399 e. The molecule has 1 unspecified atom stereocenters. The van der Waals surface area contributed by atoms with Gasteiger partial charge in [-0.1, -0.05) is 6.92 Å². The molecule has 1 saturated carbocycles. The van der Waals surface area contributed by atoms with Crippen LogP contribution in [0.3, 0.4) is 0 Å². The average Bonchev–Trinajstić information content (AvgIpc) is 3.09. The van der Waals surface area contributed by atoms with E-state index in [0.717, 1.165) is 5.92 Å². The second kappa shape index (κ2) is 4.65. The van der Waals surface area contributed by atoms with Crippen LogP contribution in [-0.2, 0) is 0 Å². The Kier molecular flexibility index (Phi) is 3.22. The minimum Gasteiger partial charge on any atom is -0.399 e. The van der Waals surface area contributed by atoms with Gasteiger partial charge in [-0.3, -0.25) is 4.79 Å². The third-order valence-electron chi connectivity index (χ3n) is 3.33. The summed E-state index contributed by atoms with van der Waals surface area (Å²) in [6.45, 7) is 2.89.